The largest absolute Gasteiger partial charge is 0.462 e. The zero-order valence-corrected chi connectivity index (χ0v) is 21.7. The molecular formula is C27H26ClN7O2. The number of carbonyl (C=O) groups excluding carboxylic acids is 1. The molecule has 0 atom stereocenters. The zero-order chi connectivity index (χ0) is 26.1. The summed E-state index contributed by atoms with van der Waals surface area (Å²) >= 11 is 6.90. The molecule has 0 aliphatic heterocycles. The molecule has 9 nitrogen and oxygen atoms in total. The average molecular weight is 516 g/mol. The van der Waals surface area contributed by atoms with Crippen LogP contribution in [0.25, 0.3) is 17.1 Å². The fourth-order valence-electron chi connectivity index (χ4n) is 4.36. The van der Waals surface area contributed by atoms with Gasteiger partial charge in [0.05, 0.1) is 46.0 Å². The quantitative estimate of drug-likeness (QED) is 0.308. The molecule has 0 bridgehead atoms. The van der Waals surface area contributed by atoms with E-state index in [2.05, 4.69) is 21.1 Å². The molecule has 4 aromatic rings. The zero-order valence-electron chi connectivity index (χ0n) is 20.9. The SMILES string of the molecule is CCOC(=O)c1c(C)nn(-c2cc(Cc3c(Cl)c(-c4ccc(C#N)cc4)nn3CC3CC3)ncn2)c1C. The molecule has 0 radical (unpaired) electrons. The van der Waals surface area contributed by atoms with Gasteiger partial charge < -0.3 is 4.74 Å². The van der Waals surface area contributed by atoms with E-state index in [1.54, 1.807) is 30.7 Å². The third-order valence-corrected chi connectivity index (χ3v) is 6.85. The Morgan fingerprint density at radius 3 is 2.62 bits per heavy atom. The number of halogens is 1. The number of rotatable bonds is 8. The Morgan fingerprint density at radius 2 is 1.95 bits per heavy atom. The van der Waals surface area contributed by atoms with Gasteiger partial charge in [-0.2, -0.15) is 15.5 Å². The number of nitriles is 1. The van der Waals surface area contributed by atoms with Gasteiger partial charge in [-0.1, -0.05) is 23.7 Å². The topological polar surface area (TPSA) is 112 Å². The second kappa shape index (κ2) is 10.1. The number of nitrogens with zero attached hydrogens (tertiary/aromatic N) is 7. The fraction of sp³-hybridized carbons (Fsp3) is 0.333. The highest BCUT2D eigenvalue weighted by molar-refractivity contribution is 6.33. The van der Waals surface area contributed by atoms with Crippen LogP contribution in [0.15, 0.2) is 36.7 Å². The van der Waals surface area contributed by atoms with Crippen LogP contribution >= 0.6 is 11.6 Å². The number of benzene rings is 1. The number of aryl methyl sites for hydroxylation is 1. The standard InChI is InChI=1S/C27H26ClN7O2/c1-4-37-27(36)24-16(2)32-35(17(24)3)23-12-21(30-15-31-23)11-22-25(28)26(33-34(22)14-19-5-6-19)20-9-7-18(13-29)8-10-20/h7-10,12,15,19H,4-6,11,14H2,1-3H3. The minimum Gasteiger partial charge on any atom is -0.462 e. The Hall–Kier alpha value is -4.03. The number of hydrogen-bond acceptors (Lipinski definition) is 7. The van der Waals surface area contributed by atoms with E-state index in [1.807, 2.05) is 29.8 Å². The van der Waals surface area contributed by atoms with E-state index in [0.717, 1.165) is 23.5 Å². The van der Waals surface area contributed by atoms with Gasteiger partial charge >= 0.3 is 5.97 Å². The first kappa shape index (κ1) is 24.7. The Morgan fingerprint density at radius 1 is 1.19 bits per heavy atom. The molecule has 10 heteroatoms. The molecule has 1 aromatic carbocycles. The smallest absolute Gasteiger partial charge is 0.341 e. The van der Waals surface area contributed by atoms with Crippen LogP contribution in [0.3, 0.4) is 0 Å². The van der Waals surface area contributed by atoms with Crippen LogP contribution in [0.2, 0.25) is 5.02 Å². The predicted octanol–water partition coefficient (Wildman–Crippen LogP) is 4.85. The predicted molar refractivity (Wildman–Crippen MR) is 138 cm³/mol. The molecule has 0 amide bonds. The van der Waals surface area contributed by atoms with Crippen LogP contribution in [0, 0.1) is 31.1 Å². The van der Waals surface area contributed by atoms with Crippen molar-refractivity contribution in [3.8, 4) is 23.1 Å². The highest BCUT2D eigenvalue weighted by atomic mass is 35.5. The second-order valence-corrected chi connectivity index (χ2v) is 9.52. The van der Waals surface area contributed by atoms with Gasteiger partial charge in [0, 0.05) is 24.6 Å². The van der Waals surface area contributed by atoms with E-state index in [4.69, 9.17) is 26.7 Å². The van der Waals surface area contributed by atoms with E-state index in [0.29, 0.717) is 58.0 Å². The highest BCUT2D eigenvalue weighted by Gasteiger charge is 2.27. The van der Waals surface area contributed by atoms with Crippen molar-refractivity contribution >= 4 is 17.6 Å². The summed E-state index contributed by atoms with van der Waals surface area (Å²) in [4.78, 5) is 21.3. The van der Waals surface area contributed by atoms with Gasteiger partial charge in [-0.25, -0.2) is 19.4 Å². The van der Waals surface area contributed by atoms with E-state index in [9.17, 15) is 4.79 Å². The highest BCUT2D eigenvalue weighted by Crippen LogP contribution is 2.36. The van der Waals surface area contributed by atoms with E-state index >= 15 is 0 Å². The molecule has 5 rings (SSSR count). The van der Waals surface area contributed by atoms with Gasteiger partial charge in [0.1, 0.15) is 17.6 Å². The normalized spacial score (nSPS) is 12.9. The molecular weight excluding hydrogens is 490 g/mol. The molecule has 0 saturated heterocycles. The number of hydrogen-bond donors (Lipinski definition) is 0. The fourth-order valence-corrected chi connectivity index (χ4v) is 4.67. The lowest BCUT2D eigenvalue weighted by Crippen LogP contribution is -2.10. The van der Waals surface area contributed by atoms with Crippen molar-refractivity contribution in [1.29, 1.82) is 5.26 Å². The molecule has 1 saturated carbocycles. The van der Waals surface area contributed by atoms with Crippen LogP contribution in [0.5, 0.6) is 0 Å². The van der Waals surface area contributed by atoms with Gasteiger partial charge in [-0.15, -0.1) is 0 Å². The molecule has 0 unspecified atom stereocenters. The van der Waals surface area contributed by atoms with Crippen molar-refractivity contribution in [2.45, 2.75) is 46.6 Å². The maximum atomic E-state index is 12.4. The second-order valence-electron chi connectivity index (χ2n) is 9.15. The summed E-state index contributed by atoms with van der Waals surface area (Å²) in [6.07, 6.45) is 4.31. The minimum absolute atomic E-state index is 0.292. The molecule has 0 spiro atoms. The molecule has 3 heterocycles. The van der Waals surface area contributed by atoms with Crippen LogP contribution in [-0.4, -0.2) is 42.1 Å². The molecule has 0 N–H and O–H groups in total. The number of aromatic nitrogens is 6. The minimum atomic E-state index is -0.399. The first-order valence-corrected chi connectivity index (χ1v) is 12.6. The first-order valence-electron chi connectivity index (χ1n) is 12.2. The Labute approximate surface area is 219 Å². The number of ether oxygens (including phenoxy) is 1. The molecule has 1 aliphatic rings. The Kier molecular flexibility index (Phi) is 6.76. The Balaban J connectivity index is 1.49. The lowest BCUT2D eigenvalue weighted by Gasteiger charge is -2.09. The van der Waals surface area contributed by atoms with Crippen molar-refractivity contribution in [3.05, 3.63) is 75.6 Å². The van der Waals surface area contributed by atoms with Gasteiger partial charge in [-0.3, -0.25) is 4.68 Å². The monoisotopic (exact) mass is 515 g/mol. The summed E-state index contributed by atoms with van der Waals surface area (Å²) in [6.45, 7) is 6.46. The summed E-state index contributed by atoms with van der Waals surface area (Å²) in [5, 5.41) is 19.1. The third kappa shape index (κ3) is 4.98. The van der Waals surface area contributed by atoms with Crippen LogP contribution < -0.4 is 0 Å². The van der Waals surface area contributed by atoms with E-state index < -0.39 is 5.97 Å². The lowest BCUT2D eigenvalue weighted by atomic mass is 10.1. The summed E-state index contributed by atoms with van der Waals surface area (Å²) < 4.78 is 8.81. The van der Waals surface area contributed by atoms with Crippen molar-refractivity contribution in [2.24, 2.45) is 5.92 Å². The van der Waals surface area contributed by atoms with Crippen LogP contribution in [0.4, 0.5) is 0 Å². The summed E-state index contributed by atoms with van der Waals surface area (Å²) in [5.41, 5.74) is 5.43. The van der Waals surface area contributed by atoms with Crippen molar-refractivity contribution in [2.75, 3.05) is 6.61 Å². The van der Waals surface area contributed by atoms with Gasteiger partial charge in [0.25, 0.3) is 0 Å². The van der Waals surface area contributed by atoms with Crippen molar-refractivity contribution in [1.82, 2.24) is 29.5 Å². The molecule has 1 aliphatic carbocycles. The molecule has 37 heavy (non-hydrogen) atoms. The van der Waals surface area contributed by atoms with Gasteiger partial charge in [0.15, 0.2) is 5.82 Å². The first-order chi connectivity index (χ1) is 17.9. The van der Waals surface area contributed by atoms with Crippen LogP contribution in [-0.2, 0) is 17.7 Å². The maximum Gasteiger partial charge on any atom is 0.341 e. The number of carbonyl (C=O) groups is 1. The maximum absolute atomic E-state index is 12.4. The summed E-state index contributed by atoms with van der Waals surface area (Å²) in [7, 11) is 0. The number of esters is 1. The average Bonchev–Trinajstić information content (AvgIpc) is 3.60. The van der Waals surface area contributed by atoms with Gasteiger partial charge in [0.2, 0.25) is 0 Å². The molecule has 188 valence electrons. The summed E-state index contributed by atoms with van der Waals surface area (Å²) in [5.74, 6) is 0.752. The van der Waals surface area contributed by atoms with E-state index in [1.165, 1.54) is 19.2 Å². The van der Waals surface area contributed by atoms with Gasteiger partial charge in [-0.05, 0) is 51.7 Å². The van der Waals surface area contributed by atoms with Crippen molar-refractivity contribution in [3.63, 3.8) is 0 Å². The van der Waals surface area contributed by atoms with Crippen molar-refractivity contribution < 1.29 is 9.53 Å². The van der Waals surface area contributed by atoms with Crippen LogP contribution in [0.1, 0.15) is 58.5 Å². The van der Waals surface area contributed by atoms with E-state index in [-0.39, 0.29) is 0 Å². The molecule has 1 fully saturated rings. The Bertz CT molecular complexity index is 1510. The molecule has 3 aromatic heterocycles. The lowest BCUT2D eigenvalue weighted by molar-refractivity contribution is 0.0524. The summed E-state index contributed by atoms with van der Waals surface area (Å²) in [6, 6.07) is 11.2. The third-order valence-electron chi connectivity index (χ3n) is 6.45.